The molecule has 1 aromatic heterocycles. The highest BCUT2D eigenvalue weighted by Gasteiger charge is 2.20. The van der Waals surface area contributed by atoms with Gasteiger partial charge in [0.15, 0.2) is 0 Å². The Morgan fingerprint density at radius 2 is 2.10 bits per heavy atom. The van der Waals surface area contributed by atoms with E-state index in [0.717, 1.165) is 5.69 Å². The first-order valence-electron chi connectivity index (χ1n) is 6.92. The lowest BCUT2D eigenvalue weighted by molar-refractivity contribution is 0.102. The summed E-state index contributed by atoms with van der Waals surface area (Å²) in [6, 6.07) is 11.4. The second-order valence-electron chi connectivity index (χ2n) is 5.04. The lowest BCUT2D eigenvalue weighted by Crippen LogP contribution is -2.14. The van der Waals surface area contributed by atoms with E-state index in [1.54, 1.807) is 25.4 Å². The molecule has 2 aromatic rings. The van der Waals surface area contributed by atoms with Crippen molar-refractivity contribution in [2.45, 2.75) is 18.9 Å². The van der Waals surface area contributed by atoms with Gasteiger partial charge in [-0.05, 0) is 37.1 Å². The number of ether oxygens (including phenoxy) is 1. The molecular weight excluding hydrogens is 266 g/mol. The number of carbonyl (C=O) groups excluding carboxylic acids is 1. The van der Waals surface area contributed by atoms with Gasteiger partial charge in [-0.3, -0.25) is 4.79 Å². The monoisotopic (exact) mass is 283 g/mol. The molecule has 21 heavy (non-hydrogen) atoms. The number of anilines is 2. The number of amides is 1. The summed E-state index contributed by atoms with van der Waals surface area (Å²) in [5, 5.41) is 6.14. The summed E-state index contributed by atoms with van der Waals surface area (Å²) in [5.74, 6) is 0.464. The maximum Gasteiger partial charge on any atom is 0.274 e. The normalized spacial score (nSPS) is 13.6. The van der Waals surface area contributed by atoms with Crippen LogP contribution in [0, 0.1) is 0 Å². The molecule has 1 fully saturated rings. The third-order valence-corrected chi connectivity index (χ3v) is 3.27. The fraction of sp³-hybridized carbons (Fsp3) is 0.250. The molecule has 0 aliphatic heterocycles. The summed E-state index contributed by atoms with van der Waals surface area (Å²) in [7, 11) is 1.59. The Balaban J connectivity index is 1.66. The first kappa shape index (κ1) is 13.4. The Hall–Kier alpha value is -2.56. The van der Waals surface area contributed by atoms with Crippen LogP contribution < -0.4 is 15.4 Å². The molecule has 0 spiro atoms. The fourth-order valence-electron chi connectivity index (χ4n) is 1.97. The van der Waals surface area contributed by atoms with E-state index >= 15 is 0 Å². The van der Waals surface area contributed by atoms with Crippen molar-refractivity contribution >= 4 is 17.3 Å². The predicted octanol–water partition coefficient (Wildman–Crippen LogP) is 2.92. The molecule has 2 N–H and O–H groups in total. The second-order valence-corrected chi connectivity index (χ2v) is 5.04. The van der Waals surface area contributed by atoms with Crippen LogP contribution in [0.15, 0.2) is 42.6 Å². The Labute approximate surface area is 123 Å². The van der Waals surface area contributed by atoms with Crippen molar-refractivity contribution in [3.8, 4) is 5.75 Å². The van der Waals surface area contributed by atoms with E-state index in [4.69, 9.17) is 4.74 Å². The van der Waals surface area contributed by atoms with Gasteiger partial charge in [-0.15, -0.1) is 0 Å². The molecule has 1 aliphatic carbocycles. The zero-order valence-electron chi connectivity index (χ0n) is 11.8. The maximum absolute atomic E-state index is 12.1. The van der Waals surface area contributed by atoms with E-state index in [-0.39, 0.29) is 5.91 Å². The standard InChI is InChI=1S/C16H17N3O2/c1-21-14-4-2-3-12(9-14)19-16(20)15-8-7-13(10-17-15)18-11-5-6-11/h2-4,7-11,18H,5-6H2,1H3,(H,19,20). The molecule has 1 aromatic carbocycles. The van der Waals surface area contributed by atoms with Crippen molar-refractivity contribution in [3.05, 3.63) is 48.3 Å². The second kappa shape index (κ2) is 5.83. The van der Waals surface area contributed by atoms with Crippen LogP contribution in [-0.4, -0.2) is 24.0 Å². The molecule has 1 aliphatic rings. The van der Waals surface area contributed by atoms with Crippen molar-refractivity contribution in [2.75, 3.05) is 17.7 Å². The molecule has 0 bridgehead atoms. The number of hydrogen-bond acceptors (Lipinski definition) is 4. The Morgan fingerprint density at radius 3 is 2.76 bits per heavy atom. The number of pyridine rings is 1. The van der Waals surface area contributed by atoms with Crippen LogP contribution in [0.4, 0.5) is 11.4 Å². The molecular formula is C16H17N3O2. The quantitative estimate of drug-likeness (QED) is 0.885. The van der Waals surface area contributed by atoms with Gasteiger partial charge in [0.25, 0.3) is 5.91 Å². The van der Waals surface area contributed by atoms with E-state index in [1.165, 1.54) is 12.8 Å². The molecule has 5 nitrogen and oxygen atoms in total. The molecule has 108 valence electrons. The lowest BCUT2D eigenvalue weighted by Gasteiger charge is -2.08. The number of carbonyl (C=O) groups is 1. The Kier molecular flexibility index (Phi) is 3.73. The minimum atomic E-state index is -0.235. The molecule has 3 rings (SSSR count). The van der Waals surface area contributed by atoms with Crippen LogP contribution in [0.5, 0.6) is 5.75 Å². The first-order valence-corrected chi connectivity index (χ1v) is 6.92. The summed E-state index contributed by atoms with van der Waals surface area (Å²) < 4.78 is 5.13. The average molecular weight is 283 g/mol. The molecule has 0 saturated heterocycles. The highest BCUT2D eigenvalue weighted by molar-refractivity contribution is 6.03. The molecule has 1 amide bonds. The van der Waals surface area contributed by atoms with Crippen molar-refractivity contribution < 1.29 is 9.53 Å². The number of benzene rings is 1. The van der Waals surface area contributed by atoms with Crippen LogP contribution in [0.25, 0.3) is 0 Å². The third kappa shape index (κ3) is 3.51. The SMILES string of the molecule is COc1cccc(NC(=O)c2ccc(NC3CC3)cn2)c1. The molecule has 5 heteroatoms. The van der Waals surface area contributed by atoms with Crippen LogP contribution in [-0.2, 0) is 0 Å². The van der Waals surface area contributed by atoms with Gasteiger partial charge < -0.3 is 15.4 Å². The summed E-state index contributed by atoms with van der Waals surface area (Å²) >= 11 is 0. The van der Waals surface area contributed by atoms with Gasteiger partial charge in [0.05, 0.1) is 19.0 Å². The Bertz CT molecular complexity index is 636. The zero-order chi connectivity index (χ0) is 14.7. The largest absolute Gasteiger partial charge is 0.497 e. The first-order chi connectivity index (χ1) is 10.2. The molecule has 0 atom stereocenters. The minimum absolute atomic E-state index is 0.235. The average Bonchev–Trinajstić information content (AvgIpc) is 3.32. The topological polar surface area (TPSA) is 63.2 Å². The highest BCUT2D eigenvalue weighted by Crippen LogP contribution is 2.24. The number of rotatable bonds is 5. The number of aromatic nitrogens is 1. The van der Waals surface area contributed by atoms with Gasteiger partial charge >= 0.3 is 0 Å². The summed E-state index contributed by atoms with van der Waals surface area (Å²) in [6.45, 7) is 0. The van der Waals surface area contributed by atoms with E-state index in [9.17, 15) is 4.79 Å². The fourth-order valence-corrected chi connectivity index (χ4v) is 1.97. The van der Waals surface area contributed by atoms with Crippen LogP contribution in [0.3, 0.4) is 0 Å². The van der Waals surface area contributed by atoms with Gasteiger partial charge in [0, 0.05) is 17.8 Å². The van der Waals surface area contributed by atoms with Crippen LogP contribution in [0.2, 0.25) is 0 Å². The summed E-state index contributed by atoms with van der Waals surface area (Å²) in [5.41, 5.74) is 2.02. The van der Waals surface area contributed by atoms with E-state index < -0.39 is 0 Å². The number of nitrogens with zero attached hydrogens (tertiary/aromatic N) is 1. The van der Waals surface area contributed by atoms with Crippen molar-refractivity contribution in [1.82, 2.24) is 4.98 Å². The summed E-state index contributed by atoms with van der Waals surface area (Å²) in [6.07, 6.45) is 4.11. The van der Waals surface area contributed by atoms with Gasteiger partial charge in [-0.25, -0.2) is 4.98 Å². The molecule has 1 saturated carbocycles. The van der Waals surface area contributed by atoms with Gasteiger partial charge in [-0.2, -0.15) is 0 Å². The van der Waals surface area contributed by atoms with E-state index in [2.05, 4.69) is 15.6 Å². The smallest absolute Gasteiger partial charge is 0.274 e. The predicted molar refractivity (Wildman–Crippen MR) is 81.8 cm³/mol. The van der Waals surface area contributed by atoms with Crippen molar-refractivity contribution in [2.24, 2.45) is 0 Å². The van der Waals surface area contributed by atoms with E-state index in [1.807, 2.05) is 24.3 Å². The molecule has 0 unspecified atom stereocenters. The van der Waals surface area contributed by atoms with Crippen LogP contribution >= 0.6 is 0 Å². The van der Waals surface area contributed by atoms with Crippen LogP contribution in [0.1, 0.15) is 23.3 Å². The summed E-state index contributed by atoms with van der Waals surface area (Å²) in [4.78, 5) is 16.3. The highest BCUT2D eigenvalue weighted by atomic mass is 16.5. The number of methoxy groups -OCH3 is 1. The minimum Gasteiger partial charge on any atom is -0.497 e. The Morgan fingerprint density at radius 1 is 1.24 bits per heavy atom. The van der Waals surface area contributed by atoms with Gasteiger partial charge in [0.1, 0.15) is 11.4 Å². The molecule has 0 radical (unpaired) electrons. The van der Waals surface area contributed by atoms with Gasteiger partial charge in [-0.1, -0.05) is 6.07 Å². The zero-order valence-corrected chi connectivity index (χ0v) is 11.8. The van der Waals surface area contributed by atoms with E-state index in [0.29, 0.717) is 23.2 Å². The lowest BCUT2D eigenvalue weighted by atomic mass is 10.2. The third-order valence-electron chi connectivity index (χ3n) is 3.27. The van der Waals surface area contributed by atoms with Crippen molar-refractivity contribution in [3.63, 3.8) is 0 Å². The number of hydrogen-bond donors (Lipinski definition) is 2. The maximum atomic E-state index is 12.1. The van der Waals surface area contributed by atoms with Gasteiger partial charge in [0.2, 0.25) is 0 Å². The molecule has 1 heterocycles. The van der Waals surface area contributed by atoms with Crippen molar-refractivity contribution in [1.29, 1.82) is 0 Å². The number of nitrogens with one attached hydrogen (secondary N) is 2.